The second-order valence-corrected chi connectivity index (χ2v) is 27.4. The van der Waals surface area contributed by atoms with Crippen LogP contribution >= 0.6 is 68.0 Å². The van der Waals surface area contributed by atoms with E-state index in [1.54, 1.807) is 41.2 Å². The van der Waals surface area contributed by atoms with E-state index in [4.69, 9.17) is 35.4 Å². The van der Waals surface area contributed by atoms with Gasteiger partial charge in [-0.25, -0.2) is 44.7 Å². The van der Waals surface area contributed by atoms with Gasteiger partial charge in [-0.15, -0.1) is 68.0 Å². The Morgan fingerprint density at radius 2 is 1.41 bits per heavy atom. The number of thiazole rings is 6. The minimum atomic E-state index is -1.24. The smallest absolute Gasteiger partial charge is 0.354 e. The van der Waals surface area contributed by atoms with Gasteiger partial charge in [0, 0.05) is 58.5 Å². The molecule has 25 nitrogen and oxygen atoms in total. The highest BCUT2D eigenvalue weighted by Crippen LogP contribution is 2.41. The highest BCUT2D eigenvalue weighted by Gasteiger charge is 2.36. The van der Waals surface area contributed by atoms with Crippen LogP contribution in [0.15, 0.2) is 82.3 Å². The molecule has 1 fully saturated rings. The number of nitrogens with one attached hydrogen (secondary N) is 4. The molecule has 0 spiro atoms. The molecule has 8 N–H and O–H groups in total. The summed E-state index contributed by atoms with van der Waals surface area (Å²) >= 11 is 7.59. The van der Waals surface area contributed by atoms with Gasteiger partial charge in [0.15, 0.2) is 5.82 Å². The number of aromatic nitrogens is 8. The summed E-state index contributed by atoms with van der Waals surface area (Å²) in [5.74, 6) is -6.61. The molecule has 31 heteroatoms. The molecule has 10 rings (SSSR count). The monoisotopic (exact) mass is 1360 g/mol. The normalized spacial score (nSPS) is 14.5. The maximum atomic E-state index is 14.5. The third kappa shape index (κ3) is 15.5. The molecule has 1 aromatic carbocycles. The van der Waals surface area contributed by atoms with Crippen LogP contribution in [0, 0.1) is 24.7 Å². The predicted molar refractivity (Wildman–Crippen MR) is 349 cm³/mol. The number of rotatable bonds is 26. The van der Waals surface area contributed by atoms with Gasteiger partial charge in [0.25, 0.3) is 17.7 Å². The molecule has 0 saturated heterocycles. The Bertz CT molecular complexity index is 4210. The van der Waals surface area contributed by atoms with Crippen molar-refractivity contribution >= 4 is 127 Å². The molecular weight excluding hydrogens is 1300 g/mol. The van der Waals surface area contributed by atoms with Gasteiger partial charge in [-0.1, -0.05) is 44.2 Å². The van der Waals surface area contributed by atoms with Crippen molar-refractivity contribution < 1.29 is 53.3 Å². The minimum absolute atomic E-state index is 0.00745. The summed E-state index contributed by atoms with van der Waals surface area (Å²) in [6.45, 7) is 5.07. The molecule has 8 aromatic heterocycles. The fraction of sp³-hybridized carbons (Fsp3) is 0.311. The van der Waals surface area contributed by atoms with Crippen molar-refractivity contribution in [1.82, 2.24) is 61.1 Å². The number of carboxylic acids is 2. The van der Waals surface area contributed by atoms with E-state index in [0.29, 0.717) is 83.8 Å². The number of hydrogen-bond acceptors (Lipinski definition) is 23. The van der Waals surface area contributed by atoms with Crippen molar-refractivity contribution in [1.29, 1.82) is 0 Å². The van der Waals surface area contributed by atoms with Crippen LogP contribution < -0.4 is 31.9 Å². The molecule has 476 valence electrons. The summed E-state index contributed by atoms with van der Waals surface area (Å²) in [5, 5.41) is 40.4. The van der Waals surface area contributed by atoms with E-state index in [9.17, 15) is 48.6 Å². The molecule has 9 aromatic rings. The number of aryl methyl sites for hydroxylation is 3. The molecule has 6 amide bonds. The zero-order valence-electron chi connectivity index (χ0n) is 50.0. The number of methoxy groups -OCH3 is 1. The highest BCUT2D eigenvalue weighted by molar-refractivity contribution is 7.15. The highest BCUT2D eigenvalue weighted by atomic mass is 32.1. The molecule has 0 aliphatic heterocycles. The average Bonchev–Trinajstić information content (AvgIpc) is 1.56. The van der Waals surface area contributed by atoms with E-state index in [2.05, 4.69) is 48.4 Å². The van der Waals surface area contributed by atoms with Crippen molar-refractivity contribution in [3.05, 3.63) is 135 Å². The maximum absolute atomic E-state index is 14.5. The fourth-order valence-corrected chi connectivity index (χ4v) is 15.5. The van der Waals surface area contributed by atoms with Crippen LogP contribution in [0.3, 0.4) is 0 Å². The molecule has 0 radical (unpaired) electrons. The number of aromatic carboxylic acids is 1. The molecule has 2 atom stereocenters. The Morgan fingerprint density at radius 3 is 2.11 bits per heavy atom. The first-order valence-corrected chi connectivity index (χ1v) is 33.9. The number of anilines is 2. The quantitative estimate of drug-likeness (QED) is 0.0265. The van der Waals surface area contributed by atoms with Crippen LogP contribution in [-0.2, 0) is 43.4 Å². The Balaban J connectivity index is 0.941. The Labute approximate surface area is 550 Å². The molecule has 0 bridgehead atoms. The average molecular weight is 1360 g/mol. The molecular formula is C61H60N14O11S6. The summed E-state index contributed by atoms with van der Waals surface area (Å²) in [7, 11) is 2.92. The van der Waals surface area contributed by atoms with Gasteiger partial charge < -0.3 is 42.0 Å². The lowest BCUT2D eigenvalue weighted by Gasteiger charge is -2.30. The van der Waals surface area contributed by atoms with Crippen LogP contribution in [0.4, 0.5) is 11.5 Å². The predicted octanol–water partition coefficient (Wildman–Crippen LogP) is 9.33. The number of nitrogens with two attached hydrogens (primary N) is 1. The first kappa shape index (κ1) is 66.0. The van der Waals surface area contributed by atoms with Gasteiger partial charge in [0.05, 0.1) is 65.0 Å². The number of hydrogen-bond donors (Lipinski definition) is 7. The molecule has 92 heavy (non-hydrogen) atoms. The number of benzene rings is 1. The minimum Gasteiger partial charge on any atom is -0.481 e. The Hall–Kier alpha value is -8.98. The van der Waals surface area contributed by atoms with Gasteiger partial charge in [0.2, 0.25) is 17.7 Å². The van der Waals surface area contributed by atoms with E-state index in [0.717, 1.165) is 29.2 Å². The Morgan fingerprint density at radius 1 is 0.696 bits per heavy atom. The zero-order chi connectivity index (χ0) is 65.3. The first-order chi connectivity index (χ1) is 44.2. The second kappa shape index (κ2) is 29.5. The molecule has 1 saturated carbocycles. The zero-order valence-corrected chi connectivity index (χ0v) is 54.9. The van der Waals surface area contributed by atoms with Crippen molar-refractivity contribution in [2.45, 2.75) is 84.4 Å². The summed E-state index contributed by atoms with van der Waals surface area (Å²) in [5.41, 5.74) is 9.03. The van der Waals surface area contributed by atoms with Crippen LogP contribution in [0.25, 0.3) is 43.4 Å². The third-order valence-corrected chi connectivity index (χ3v) is 20.5. The number of aliphatic carboxylic acids is 1. The van der Waals surface area contributed by atoms with Crippen molar-refractivity contribution in [3.63, 3.8) is 0 Å². The Kier molecular flexibility index (Phi) is 21.2. The number of pyridine rings is 2. The lowest BCUT2D eigenvalue weighted by Crippen LogP contribution is -2.36. The topological polar surface area (TPSA) is 367 Å². The van der Waals surface area contributed by atoms with Gasteiger partial charge in [-0.2, -0.15) is 0 Å². The van der Waals surface area contributed by atoms with Gasteiger partial charge in [-0.05, 0) is 74.8 Å². The first-order valence-electron chi connectivity index (χ1n) is 28.7. The largest absolute Gasteiger partial charge is 0.481 e. The SMILES string of the molecule is CNC(=O)C[C@H](NC(=O)c1csc(-c2ccc(-c3nc(N(c4ccc(C(=O)O)nc4)C(=O)[C@H]4CC[C@H](C(=O)O)CC4)cs3)nc2-c2csc(-c3csc(CCc4ccccc4)n3)n2)n1)c1nc(C(=O)NC(c2nc(C(=O)NCC(N)=O)c(COC)s2)C(C)C)c(C)s1. The summed E-state index contributed by atoms with van der Waals surface area (Å²) in [6.07, 6.45) is 3.89. The number of amides is 6. The number of carbonyl (C=O) groups excluding carboxylic acids is 6. The molecule has 1 aliphatic carbocycles. The third-order valence-electron chi connectivity index (χ3n) is 14.8. The second-order valence-electron chi connectivity index (χ2n) is 21.5. The van der Waals surface area contributed by atoms with E-state index in [-0.39, 0.29) is 64.1 Å². The summed E-state index contributed by atoms with van der Waals surface area (Å²) in [4.78, 5) is 145. The summed E-state index contributed by atoms with van der Waals surface area (Å²) < 4.78 is 5.32. The van der Waals surface area contributed by atoms with Gasteiger partial charge in [-0.3, -0.25) is 38.5 Å². The molecule has 8 heterocycles. The number of carboxylic acid groups (broad SMARTS) is 2. The van der Waals surface area contributed by atoms with Crippen molar-refractivity contribution in [2.75, 3.05) is 25.6 Å². The van der Waals surface area contributed by atoms with Crippen LogP contribution in [-0.4, -0.2) is 118 Å². The molecule has 1 aliphatic rings. The van der Waals surface area contributed by atoms with Crippen molar-refractivity contribution in [3.8, 4) is 43.4 Å². The standard InChI is InChI=1S/C61H60N14O11S6/c1-29(2)47(58-74-50(42(92-58)24-86-5)52(79)65-23-43(62)76)72-53(80)48-30(3)91-57(73-48)38(21-45(77)63-4)68-51(78)40-26-88-54(70-40)35-17-19-36(67-49(35)39-25-89-56(69-39)41-27-87-46(66-41)20-11-31-9-7-6-8-10-31)55-71-44(28-90-55)75(34-16-18-37(61(84)85)64-22-34)59(81)32-12-14-33(15-13-32)60(82)83/h6-10,16-19,22,25-29,32-33,38,47H,11-15,20-21,23-24H2,1-5H3,(H2,62,76)(H,63,77)(H,65,79)(H,68,78)(H,72,80)(H,82,83)(H,84,85)/t32-,33-,38-,47?/m0/s1. The van der Waals surface area contributed by atoms with E-state index in [1.165, 1.54) is 88.3 Å². The van der Waals surface area contributed by atoms with Gasteiger partial charge in [0.1, 0.15) is 64.9 Å². The van der Waals surface area contributed by atoms with E-state index < -0.39 is 71.9 Å². The van der Waals surface area contributed by atoms with Gasteiger partial charge >= 0.3 is 11.9 Å². The number of ether oxygens (including phenoxy) is 1. The van der Waals surface area contributed by atoms with E-state index >= 15 is 0 Å². The lowest BCUT2D eigenvalue weighted by molar-refractivity contribution is -0.144. The number of nitrogens with zero attached hydrogens (tertiary/aromatic N) is 9. The van der Waals surface area contributed by atoms with Crippen molar-refractivity contribution in [2.24, 2.45) is 23.5 Å². The molecule has 1 unspecified atom stereocenters. The summed E-state index contributed by atoms with van der Waals surface area (Å²) in [6, 6.07) is 14.7. The maximum Gasteiger partial charge on any atom is 0.354 e. The van der Waals surface area contributed by atoms with Crippen LogP contribution in [0.1, 0.15) is 130 Å². The fourth-order valence-electron chi connectivity index (χ4n) is 10.0. The number of primary amides is 1. The van der Waals surface area contributed by atoms with E-state index in [1.807, 2.05) is 42.8 Å². The number of carbonyl (C=O) groups is 8. The van der Waals surface area contributed by atoms with Crippen LogP contribution in [0.5, 0.6) is 0 Å². The van der Waals surface area contributed by atoms with Crippen LogP contribution in [0.2, 0.25) is 0 Å². The lowest BCUT2D eigenvalue weighted by atomic mass is 9.81.